The Balaban J connectivity index is 0.00000225. The predicted molar refractivity (Wildman–Crippen MR) is 61.3 cm³/mol. The van der Waals surface area contributed by atoms with Gasteiger partial charge in [0.15, 0.2) is 0 Å². The first-order valence-corrected chi connectivity index (χ1v) is 5.46. The third kappa shape index (κ3) is 3.75. The van der Waals surface area contributed by atoms with Crippen LogP contribution in [0.15, 0.2) is 34.4 Å². The van der Waals surface area contributed by atoms with E-state index in [0.717, 1.165) is 5.69 Å². The quantitative estimate of drug-likeness (QED) is 0.487. The molecule has 0 aliphatic heterocycles. The second kappa shape index (κ2) is 6.19. The third-order valence-electron chi connectivity index (χ3n) is 1.78. The van der Waals surface area contributed by atoms with Crippen LogP contribution in [0.3, 0.4) is 0 Å². The molecule has 0 spiro atoms. The summed E-state index contributed by atoms with van der Waals surface area (Å²) in [5, 5.41) is 2.39. The van der Waals surface area contributed by atoms with Gasteiger partial charge < -0.3 is 4.90 Å². The van der Waals surface area contributed by atoms with E-state index in [2.05, 4.69) is 9.56 Å². The standard InChI is InChI=1S/C8H11N3O3S.Na.H/c1-11(2)7-3-5-8(6-4-7)15(12,13)14-10-9;;/h3-6,9H,1-2H3;;. The molecule has 1 aromatic rings. The average Bonchev–Trinajstić information content (AvgIpc) is 2.18. The molecule has 1 rings (SSSR count). The summed E-state index contributed by atoms with van der Waals surface area (Å²) in [4.78, 5) is 1.82. The first-order chi connectivity index (χ1) is 6.97. The van der Waals surface area contributed by atoms with Crippen molar-refractivity contribution < 1.29 is 12.7 Å². The number of anilines is 1. The predicted octanol–water partition coefficient (Wildman–Crippen LogP) is 0.755. The molecule has 0 aliphatic carbocycles. The van der Waals surface area contributed by atoms with Crippen molar-refractivity contribution in [3.05, 3.63) is 24.3 Å². The van der Waals surface area contributed by atoms with E-state index in [1.807, 2.05) is 19.0 Å². The third-order valence-corrected chi connectivity index (χ3v) is 2.90. The Labute approximate surface area is 116 Å². The molecule has 0 amide bonds. The second-order valence-electron chi connectivity index (χ2n) is 3.01. The summed E-state index contributed by atoms with van der Waals surface area (Å²) in [6.45, 7) is 0. The van der Waals surface area contributed by atoms with Crippen molar-refractivity contribution in [2.24, 2.45) is 5.28 Å². The van der Waals surface area contributed by atoms with Crippen molar-refractivity contribution in [3.8, 4) is 0 Å². The Bertz CT molecular complexity index is 444. The maximum atomic E-state index is 11.3. The SMILES string of the molecule is CN(C)c1ccc(S(=O)(=O)ON=N)cc1.[NaH]. The molecule has 0 fully saturated rings. The van der Waals surface area contributed by atoms with E-state index in [1.165, 1.54) is 12.1 Å². The van der Waals surface area contributed by atoms with Gasteiger partial charge in [0.2, 0.25) is 0 Å². The summed E-state index contributed by atoms with van der Waals surface area (Å²) >= 11 is 0. The van der Waals surface area contributed by atoms with Crippen molar-refractivity contribution in [2.75, 3.05) is 19.0 Å². The van der Waals surface area contributed by atoms with Crippen LogP contribution < -0.4 is 4.90 Å². The molecular formula is C8H12N3NaO3S. The van der Waals surface area contributed by atoms with Gasteiger partial charge in [-0.25, -0.2) is 4.28 Å². The van der Waals surface area contributed by atoms with E-state index >= 15 is 0 Å². The van der Waals surface area contributed by atoms with Crippen LogP contribution in [0.2, 0.25) is 0 Å². The van der Waals surface area contributed by atoms with Crippen LogP contribution in [0.4, 0.5) is 5.69 Å². The Hall–Kier alpha value is -0.630. The molecule has 0 radical (unpaired) electrons. The molecule has 6 nitrogen and oxygen atoms in total. The number of hydrogen-bond donors (Lipinski definition) is 1. The van der Waals surface area contributed by atoms with Gasteiger partial charge in [0.25, 0.3) is 0 Å². The van der Waals surface area contributed by atoms with Gasteiger partial charge in [0, 0.05) is 25.1 Å². The van der Waals surface area contributed by atoms with Gasteiger partial charge in [0.05, 0.1) is 0 Å². The van der Waals surface area contributed by atoms with Crippen LogP contribution in [0.5, 0.6) is 0 Å². The summed E-state index contributed by atoms with van der Waals surface area (Å²) in [5.41, 5.74) is 7.21. The number of benzene rings is 1. The molecule has 0 saturated heterocycles. The summed E-state index contributed by atoms with van der Waals surface area (Å²) in [5.74, 6) is 0. The molecule has 0 saturated carbocycles. The molecule has 0 atom stereocenters. The van der Waals surface area contributed by atoms with Crippen LogP contribution in [-0.4, -0.2) is 52.1 Å². The Kier molecular flexibility index (Phi) is 5.95. The van der Waals surface area contributed by atoms with Crippen LogP contribution in [0.25, 0.3) is 0 Å². The van der Waals surface area contributed by atoms with Gasteiger partial charge in [-0.3, -0.25) is 0 Å². The minimum atomic E-state index is -3.93. The van der Waals surface area contributed by atoms with Crippen LogP contribution in [0, 0.1) is 5.53 Å². The fraction of sp³-hybridized carbons (Fsp3) is 0.250. The summed E-state index contributed by atoms with van der Waals surface area (Å²) in [7, 11) is -0.233. The average molecular weight is 253 g/mol. The molecular weight excluding hydrogens is 241 g/mol. The van der Waals surface area contributed by atoms with E-state index in [4.69, 9.17) is 5.53 Å². The van der Waals surface area contributed by atoms with E-state index < -0.39 is 10.1 Å². The summed E-state index contributed by atoms with van der Waals surface area (Å²) < 4.78 is 26.5. The Morgan fingerprint density at radius 2 is 1.75 bits per heavy atom. The topological polar surface area (TPSA) is 82.8 Å². The molecule has 0 bridgehead atoms. The summed E-state index contributed by atoms with van der Waals surface area (Å²) in [6, 6.07) is 6.08. The number of nitrogens with zero attached hydrogens (tertiary/aromatic N) is 2. The zero-order valence-electron chi connectivity index (χ0n) is 8.34. The fourth-order valence-electron chi connectivity index (χ4n) is 1.00. The van der Waals surface area contributed by atoms with Crippen molar-refractivity contribution in [3.63, 3.8) is 0 Å². The second-order valence-corrected chi connectivity index (χ2v) is 4.54. The van der Waals surface area contributed by atoms with Gasteiger partial charge in [-0.1, -0.05) is 0 Å². The molecule has 0 unspecified atom stereocenters. The number of hydrogen-bond acceptors (Lipinski definition) is 6. The van der Waals surface area contributed by atoms with Gasteiger partial charge in [0.1, 0.15) is 4.90 Å². The first kappa shape index (κ1) is 15.4. The molecule has 1 N–H and O–H groups in total. The van der Waals surface area contributed by atoms with E-state index in [0.29, 0.717) is 0 Å². The minimum absolute atomic E-state index is 0. The Morgan fingerprint density at radius 1 is 1.25 bits per heavy atom. The zero-order chi connectivity index (χ0) is 11.5. The van der Waals surface area contributed by atoms with Crippen molar-refractivity contribution in [1.82, 2.24) is 0 Å². The molecule has 0 aliphatic rings. The molecule has 1 aromatic carbocycles. The number of nitrogens with one attached hydrogen (secondary N) is 1. The van der Waals surface area contributed by atoms with Crippen LogP contribution in [0.1, 0.15) is 0 Å². The van der Waals surface area contributed by atoms with Gasteiger partial charge in [-0.15, -0.1) is 0 Å². The molecule has 16 heavy (non-hydrogen) atoms. The fourth-order valence-corrected chi connectivity index (χ4v) is 1.66. The van der Waals surface area contributed by atoms with Gasteiger partial charge in [-0.05, 0) is 24.3 Å². The molecule has 0 aromatic heterocycles. The maximum absolute atomic E-state index is 11.3. The summed E-state index contributed by atoms with van der Waals surface area (Å²) in [6.07, 6.45) is 0. The van der Waals surface area contributed by atoms with Crippen LogP contribution in [-0.2, 0) is 14.4 Å². The van der Waals surface area contributed by atoms with E-state index in [9.17, 15) is 8.42 Å². The van der Waals surface area contributed by atoms with Gasteiger partial charge >= 0.3 is 39.7 Å². The van der Waals surface area contributed by atoms with E-state index in [-0.39, 0.29) is 34.5 Å². The molecule has 8 heteroatoms. The number of rotatable bonds is 4. The molecule has 84 valence electrons. The van der Waals surface area contributed by atoms with Crippen molar-refractivity contribution >= 4 is 45.4 Å². The van der Waals surface area contributed by atoms with Crippen molar-refractivity contribution in [2.45, 2.75) is 4.90 Å². The normalized spacial score (nSPS) is 10.1. The van der Waals surface area contributed by atoms with E-state index in [1.54, 1.807) is 12.1 Å². The van der Waals surface area contributed by atoms with Crippen LogP contribution >= 0.6 is 0 Å². The first-order valence-electron chi connectivity index (χ1n) is 4.05. The zero-order valence-corrected chi connectivity index (χ0v) is 9.15. The monoisotopic (exact) mass is 253 g/mol. The Morgan fingerprint density at radius 3 is 2.12 bits per heavy atom. The van der Waals surface area contributed by atoms with Crippen molar-refractivity contribution in [1.29, 1.82) is 5.53 Å². The van der Waals surface area contributed by atoms with Gasteiger partial charge in [-0.2, -0.15) is 13.9 Å². The molecule has 0 heterocycles.